The molecule has 5 nitrogen and oxygen atoms in total. The molecule has 1 amide bonds. The Hall–Kier alpha value is -2.34. The van der Waals surface area contributed by atoms with Gasteiger partial charge in [-0.15, -0.1) is 0 Å². The fourth-order valence-corrected chi connectivity index (χ4v) is 2.42. The van der Waals surface area contributed by atoms with Gasteiger partial charge in [-0.1, -0.05) is 29.4 Å². The number of anilines is 1. The molecule has 0 spiro atoms. The van der Waals surface area contributed by atoms with Gasteiger partial charge < -0.3 is 15.8 Å². The van der Waals surface area contributed by atoms with E-state index >= 15 is 0 Å². The van der Waals surface area contributed by atoms with Crippen molar-refractivity contribution in [3.8, 4) is 0 Å². The Morgan fingerprint density at radius 2 is 1.71 bits per heavy atom. The number of amides is 1. The first kappa shape index (κ1) is 15.1. The van der Waals surface area contributed by atoms with Gasteiger partial charge in [-0.05, 0) is 40.2 Å². The number of para-hydroxylation sites is 1. The molecule has 0 fully saturated rings. The lowest BCUT2D eigenvalue weighted by Gasteiger charge is -2.20. The maximum atomic E-state index is 12.6. The second-order valence-electron chi connectivity index (χ2n) is 4.35. The van der Waals surface area contributed by atoms with E-state index in [0.29, 0.717) is 21.3 Å². The second-order valence-corrected chi connectivity index (χ2v) is 5.20. The lowest BCUT2D eigenvalue weighted by molar-refractivity contribution is 0.0992. The third-order valence-corrected chi connectivity index (χ3v) is 3.75. The summed E-state index contributed by atoms with van der Waals surface area (Å²) in [6, 6.07) is 14.1. The van der Waals surface area contributed by atoms with Crippen LogP contribution in [0, 0.1) is 0 Å². The normalized spacial score (nSPS) is 11.2. The predicted molar refractivity (Wildman–Crippen MR) is 85.8 cm³/mol. The van der Waals surface area contributed by atoms with Crippen molar-refractivity contribution in [1.29, 1.82) is 0 Å². The SMILES string of the molecule is CN(C(=O)c1ccccc1Br)c1ccccc1/C(N)=N/O. The van der Waals surface area contributed by atoms with Crippen molar-refractivity contribution in [1.82, 2.24) is 0 Å². The molecule has 2 rings (SSSR count). The molecule has 0 aromatic heterocycles. The van der Waals surface area contributed by atoms with Gasteiger partial charge >= 0.3 is 0 Å². The number of hydrogen-bond donors (Lipinski definition) is 2. The van der Waals surface area contributed by atoms with Gasteiger partial charge in [0.2, 0.25) is 0 Å². The van der Waals surface area contributed by atoms with Crippen LogP contribution in [0.3, 0.4) is 0 Å². The average molecular weight is 348 g/mol. The van der Waals surface area contributed by atoms with Crippen LogP contribution in [0.25, 0.3) is 0 Å². The van der Waals surface area contributed by atoms with E-state index in [1.165, 1.54) is 4.90 Å². The minimum absolute atomic E-state index is 0.0441. The van der Waals surface area contributed by atoms with Crippen molar-refractivity contribution in [2.24, 2.45) is 10.9 Å². The summed E-state index contributed by atoms with van der Waals surface area (Å²) in [7, 11) is 1.64. The van der Waals surface area contributed by atoms with Crippen LogP contribution in [-0.4, -0.2) is 24.0 Å². The number of rotatable bonds is 3. The fourth-order valence-electron chi connectivity index (χ4n) is 1.96. The average Bonchev–Trinajstić information content (AvgIpc) is 2.53. The molecular weight excluding hydrogens is 334 g/mol. The summed E-state index contributed by atoms with van der Waals surface area (Å²) in [4.78, 5) is 14.0. The molecule has 108 valence electrons. The molecule has 0 heterocycles. The highest BCUT2D eigenvalue weighted by Gasteiger charge is 2.19. The minimum Gasteiger partial charge on any atom is -0.409 e. The predicted octanol–water partition coefficient (Wildman–Crippen LogP) is 2.82. The molecule has 0 saturated carbocycles. The number of carbonyl (C=O) groups is 1. The van der Waals surface area contributed by atoms with Crippen LogP contribution in [-0.2, 0) is 0 Å². The molecule has 6 heteroatoms. The third kappa shape index (κ3) is 3.05. The number of carbonyl (C=O) groups excluding carboxylic acids is 1. The van der Waals surface area contributed by atoms with Crippen molar-refractivity contribution in [3.05, 3.63) is 64.1 Å². The number of benzene rings is 2. The van der Waals surface area contributed by atoms with Crippen LogP contribution in [0.2, 0.25) is 0 Å². The first-order valence-corrected chi connectivity index (χ1v) is 6.95. The van der Waals surface area contributed by atoms with Gasteiger partial charge in [0.1, 0.15) is 0 Å². The van der Waals surface area contributed by atoms with Gasteiger partial charge in [0, 0.05) is 17.1 Å². The topological polar surface area (TPSA) is 78.9 Å². The summed E-state index contributed by atoms with van der Waals surface area (Å²) < 4.78 is 0.711. The molecule has 2 aromatic rings. The molecule has 0 saturated heterocycles. The first-order chi connectivity index (χ1) is 10.1. The standard InChI is InChI=1S/C15H14BrN3O2/c1-19(15(20)10-6-2-4-8-12(10)16)13-9-5-3-7-11(13)14(17)18-21/h2-9,21H,1H3,(H2,17,18). The van der Waals surface area contributed by atoms with E-state index in [1.807, 2.05) is 6.07 Å². The van der Waals surface area contributed by atoms with E-state index in [-0.39, 0.29) is 11.7 Å². The van der Waals surface area contributed by atoms with Crippen LogP contribution in [0.1, 0.15) is 15.9 Å². The Balaban J connectivity index is 2.44. The van der Waals surface area contributed by atoms with Crippen molar-refractivity contribution in [2.75, 3.05) is 11.9 Å². The number of halogens is 1. The molecule has 0 bridgehead atoms. The van der Waals surface area contributed by atoms with Crippen LogP contribution in [0.5, 0.6) is 0 Å². The molecule has 3 N–H and O–H groups in total. The number of amidine groups is 1. The number of hydrogen-bond acceptors (Lipinski definition) is 3. The van der Waals surface area contributed by atoms with E-state index in [1.54, 1.807) is 49.5 Å². The zero-order valence-electron chi connectivity index (χ0n) is 11.3. The Bertz CT molecular complexity index is 701. The maximum Gasteiger partial charge on any atom is 0.259 e. The number of oxime groups is 1. The van der Waals surface area contributed by atoms with Crippen LogP contribution < -0.4 is 10.6 Å². The molecular formula is C15H14BrN3O2. The molecule has 0 aliphatic heterocycles. The molecule has 21 heavy (non-hydrogen) atoms. The van der Waals surface area contributed by atoms with Crippen LogP contribution in [0.4, 0.5) is 5.69 Å². The molecule has 0 aliphatic carbocycles. The highest BCUT2D eigenvalue weighted by molar-refractivity contribution is 9.10. The van der Waals surface area contributed by atoms with Gasteiger partial charge in [-0.2, -0.15) is 0 Å². The van der Waals surface area contributed by atoms with Crippen LogP contribution in [0.15, 0.2) is 58.2 Å². The summed E-state index contributed by atoms with van der Waals surface area (Å²) >= 11 is 3.36. The summed E-state index contributed by atoms with van der Waals surface area (Å²) in [6.07, 6.45) is 0. The first-order valence-electron chi connectivity index (χ1n) is 6.15. The number of nitrogens with two attached hydrogens (primary N) is 1. The summed E-state index contributed by atoms with van der Waals surface area (Å²) in [5.41, 5.74) is 7.24. The van der Waals surface area contributed by atoms with Crippen molar-refractivity contribution >= 4 is 33.4 Å². The summed E-state index contributed by atoms with van der Waals surface area (Å²) in [5.74, 6) is -0.238. The summed E-state index contributed by atoms with van der Waals surface area (Å²) in [6.45, 7) is 0. The second kappa shape index (κ2) is 6.41. The van der Waals surface area contributed by atoms with Gasteiger partial charge in [0.05, 0.1) is 11.3 Å². The Morgan fingerprint density at radius 1 is 1.14 bits per heavy atom. The third-order valence-electron chi connectivity index (χ3n) is 3.06. The highest BCUT2D eigenvalue weighted by atomic mass is 79.9. The van der Waals surface area contributed by atoms with E-state index in [4.69, 9.17) is 10.9 Å². The van der Waals surface area contributed by atoms with E-state index in [2.05, 4.69) is 21.1 Å². The zero-order valence-corrected chi connectivity index (χ0v) is 12.9. The fraction of sp³-hybridized carbons (Fsp3) is 0.0667. The molecule has 0 radical (unpaired) electrons. The quantitative estimate of drug-likeness (QED) is 0.387. The van der Waals surface area contributed by atoms with Crippen molar-refractivity contribution in [3.63, 3.8) is 0 Å². The molecule has 0 unspecified atom stereocenters. The minimum atomic E-state index is -0.194. The van der Waals surface area contributed by atoms with E-state index in [9.17, 15) is 4.79 Å². The van der Waals surface area contributed by atoms with Gasteiger partial charge in [-0.25, -0.2) is 0 Å². The Labute approximate surface area is 130 Å². The van der Waals surface area contributed by atoms with E-state index < -0.39 is 0 Å². The lowest BCUT2D eigenvalue weighted by Crippen LogP contribution is -2.29. The van der Waals surface area contributed by atoms with Crippen molar-refractivity contribution < 1.29 is 10.0 Å². The Kier molecular flexibility index (Phi) is 4.59. The zero-order chi connectivity index (χ0) is 15.4. The molecule has 0 atom stereocenters. The molecule has 2 aromatic carbocycles. The van der Waals surface area contributed by atoms with Gasteiger partial charge in [-0.3, -0.25) is 4.79 Å². The Morgan fingerprint density at radius 3 is 2.33 bits per heavy atom. The van der Waals surface area contributed by atoms with Gasteiger partial charge in [0.15, 0.2) is 5.84 Å². The maximum absolute atomic E-state index is 12.6. The smallest absolute Gasteiger partial charge is 0.259 e. The largest absolute Gasteiger partial charge is 0.409 e. The highest BCUT2D eigenvalue weighted by Crippen LogP contribution is 2.24. The summed E-state index contributed by atoms with van der Waals surface area (Å²) in [5, 5.41) is 11.8. The molecule has 0 aliphatic rings. The van der Waals surface area contributed by atoms with E-state index in [0.717, 1.165) is 0 Å². The lowest BCUT2D eigenvalue weighted by atomic mass is 10.1. The van der Waals surface area contributed by atoms with Crippen molar-refractivity contribution in [2.45, 2.75) is 0 Å². The van der Waals surface area contributed by atoms with Gasteiger partial charge in [0.25, 0.3) is 5.91 Å². The van der Waals surface area contributed by atoms with Crippen LogP contribution >= 0.6 is 15.9 Å². The number of nitrogens with zero attached hydrogens (tertiary/aromatic N) is 2. The monoisotopic (exact) mass is 347 g/mol.